The number of para-hydroxylation sites is 1. The molecule has 0 aliphatic heterocycles. The van der Waals surface area contributed by atoms with Crippen LogP contribution in [0.25, 0.3) is 0 Å². The fourth-order valence-electron chi connectivity index (χ4n) is 2.05. The lowest BCUT2D eigenvalue weighted by Gasteiger charge is -2.10. The van der Waals surface area contributed by atoms with Gasteiger partial charge in [-0.1, -0.05) is 12.1 Å². The Morgan fingerprint density at radius 1 is 1.24 bits per heavy atom. The predicted molar refractivity (Wildman–Crippen MR) is 79.0 cm³/mol. The highest BCUT2D eigenvalue weighted by atomic mass is 16.3. The number of carbonyl (C=O) groups is 2. The number of ketones is 1. The van der Waals surface area contributed by atoms with E-state index in [1.165, 1.54) is 6.92 Å². The summed E-state index contributed by atoms with van der Waals surface area (Å²) < 4.78 is 5.29. The van der Waals surface area contributed by atoms with Gasteiger partial charge < -0.3 is 15.1 Å². The number of quaternary nitrogens is 1. The van der Waals surface area contributed by atoms with Crippen LogP contribution in [0.15, 0.2) is 47.1 Å². The van der Waals surface area contributed by atoms with Gasteiger partial charge in [-0.2, -0.15) is 0 Å². The van der Waals surface area contributed by atoms with Crippen LogP contribution < -0.4 is 10.6 Å². The summed E-state index contributed by atoms with van der Waals surface area (Å²) in [5.41, 5.74) is 1.07. The first-order chi connectivity index (χ1) is 10.1. The molecule has 1 amide bonds. The van der Waals surface area contributed by atoms with E-state index in [9.17, 15) is 9.59 Å². The molecular formula is C16H19N2O3+. The molecule has 0 bridgehead atoms. The Morgan fingerprint density at radius 3 is 2.67 bits per heavy atom. The molecule has 1 aromatic heterocycles. The number of nitrogens with one attached hydrogen (secondary N) is 1. The lowest BCUT2D eigenvalue weighted by molar-refractivity contribution is -0.684. The number of rotatable bonds is 6. The van der Waals surface area contributed by atoms with Gasteiger partial charge in [-0.3, -0.25) is 9.59 Å². The molecule has 2 aromatic rings. The summed E-state index contributed by atoms with van der Waals surface area (Å²) in [7, 11) is 0. The van der Waals surface area contributed by atoms with Crippen molar-refractivity contribution in [3.8, 4) is 0 Å². The monoisotopic (exact) mass is 287 g/mol. The molecule has 21 heavy (non-hydrogen) atoms. The molecule has 5 heteroatoms. The minimum absolute atomic E-state index is 0.0637. The topological polar surface area (TPSA) is 75.9 Å². The van der Waals surface area contributed by atoms with Gasteiger partial charge in [0.2, 0.25) is 0 Å². The summed E-state index contributed by atoms with van der Waals surface area (Å²) in [6.45, 7) is 3.71. The zero-order chi connectivity index (χ0) is 15.2. The molecule has 3 N–H and O–H groups in total. The third kappa shape index (κ3) is 4.03. The maximum absolute atomic E-state index is 12.0. The zero-order valence-corrected chi connectivity index (χ0v) is 12.1. The molecule has 0 radical (unpaired) electrons. The quantitative estimate of drug-likeness (QED) is 0.795. The largest absolute Gasteiger partial charge is 0.463 e. The molecule has 0 fully saturated rings. The van der Waals surface area contributed by atoms with Gasteiger partial charge >= 0.3 is 0 Å². The summed E-state index contributed by atoms with van der Waals surface area (Å²) in [4.78, 5) is 23.5. The average Bonchev–Trinajstić information content (AvgIpc) is 2.99. The molecule has 0 aliphatic rings. The van der Waals surface area contributed by atoms with E-state index >= 15 is 0 Å². The maximum Gasteiger partial charge on any atom is 0.279 e. The highest BCUT2D eigenvalue weighted by molar-refractivity contribution is 6.03. The molecule has 0 unspecified atom stereocenters. The van der Waals surface area contributed by atoms with E-state index in [0.29, 0.717) is 11.3 Å². The molecular weight excluding hydrogens is 268 g/mol. The maximum atomic E-state index is 12.0. The number of anilines is 1. The Balaban J connectivity index is 1.92. The summed E-state index contributed by atoms with van der Waals surface area (Å²) >= 11 is 0. The Morgan fingerprint density at radius 2 is 2.00 bits per heavy atom. The number of hydrogen-bond acceptors (Lipinski definition) is 3. The first-order valence-electron chi connectivity index (χ1n) is 6.84. The second kappa shape index (κ2) is 6.85. The Hall–Kier alpha value is -2.40. The van der Waals surface area contributed by atoms with Crippen LogP contribution in [0, 0.1) is 0 Å². The third-order valence-corrected chi connectivity index (χ3v) is 3.23. The van der Waals surface area contributed by atoms with Crippen molar-refractivity contribution in [3.63, 3.8) is 0 Å². The van der Waals surface area contributed by atoms with Gasteiger partial charge in [0, 0.05) is 5.56 Å². The van der Waals surface area contributed by atoms with Crippen LogP contribution in [0.1, 0.15) is 36.0 Å². The highest BCUT2D eigenvalue weighted by Gasteiger charge is 2.15. The van der Waals surface area contributed by atoms with Crippen molar-refractivity contribution in [3.05, 3.63) is 54.0 Å². The molecule has 0 saturated heterocycles. The summed E-state index contributed by atoms with van der Waals surface area (Å²) in [6.07, 6.45) is 1.61. The second-order valence-corrected chi connectivity index (χ2v) is 4.89. The van der Waals surface area contributed by atoms with Crippen molar-refractivity contribution >= 4 is 17.4 Å². The normalized spacial score (nSPS) is 11.9. The summed E-state index contributed by atoms with van der Waals surface area (Å²) in [5, 5.41) is 4.65. The molecule has 2 rings (SSSR count). The highest BCUT2D eigenvalue weighted by Crippen LogP contribution is 2.15. The van der Waals surface area contributed by atoms with Crippen molar-refractivity contribution < 1.29 is 19.3 Å². The molecule has 0 aliphatic carbocycles. The van der Waals surface area contributed by atoms with E-state index < -0.39 is 0 Å². The smallest absolute Gasteiger partial charge is 0.279 e. The first-order valence-corrected chi connectivity index (χ1v) is 6.84. The van der Waals surface area contributed by atoms with Crippen molar-refractivity contribution in [2.24, 2.45) is 0 Å². The van der Waals surface area contributed by atoms with Gasteiger partial charge in [-0.05, 0) is 38.1 Å². The van der Waals surface area contributed by atoms with Crippen molar-refractivity contribution in [1.29, 1.82) is 0 Å². The number of hydrogen-bond donors (Lipinski definition) is 2. The minimum atomic E-state index is -0.151. The van der Waals surface area contributed by atoms with E-state index in [1.54, 1.807) is 30.5 Å². The average molecular weight is 287 g/mol. The molecule has 0 saturated carbocycles. The first kappa shape index (κ1) is 15.0. The molecule has 1 heterocycles. The SMILES string of the molecule is CC(=O)c1ccccc1NC(=O)C[NH2+][C@@H](C)c1ccco1. The number of carbonyl (C=O) groups excluding carboxylic acids is 2. The van der Waals surface area contributed by atoms with Crippen LogP contribution in [0.4, 0.5) is 5.69 Å². The Kier molecular flexibility index (Phi) is 4.90. The zero-order valence-electron chi connectivity index (χ0n) is 12.1. The molecule has 1 aromatic carbocycles. The second-order valence-electron chi connectivity index (χ2n) is 4.89. The van der Waals surface area contributed by atoms with Crippen LogP contribution in [0.3, 0.4) is 0 Å². The molecule has 0 spiro atoms. The van der Waals surface area contributed by atoms with E-state index in [-0.39, 0.29) is 24.3 Å². The number of benzene rings is 1. The van der Waals surface area contributed by atoms with E-state index in [4.69, 9.17) is 4.42 Å². The fraction of sp³-hybridized carbons (Fsp3) is 0.250. The summed E-state index contributed by atoms with van der Waals surface area (Å²) in [5.74, 6) is 0.605. The van der Waals surface area contributed by atoms with Gasteiger partial charge in [-0.15, -0.1) is 0 Å². The van der Waals surface area contributed by atoms with Gasteiger partial charge in [0.05, 0.1) is 12.0 Å². The van der Waals surface area contributed by atoms with Crippen LogP contribution in [-0.2, 0) is 4.79 Å². The number of Topliss-reactive ketones (excluding diaryl/α,β-unsaturated/α-hetero) is 1. The molecule has 110 valence electrons. The van der Waals surface area contributed by atoms with Crippen molar-refractivity contribution in [2.45, 2.75) is 19.9 Å². The number of furan rings is 1. The summed E-state index contributed by atoms with van der Waals surface area (Å²) in [6, 6.07) is 10.8. The molecule has 5 nitrogen and oxygen atoms in total. The number of amides is 1. The minimum Gasteiger partial charge on any atom is -0.463 e. The van der Waals surface area contributed by atoms with Crippen LogP contribution in [-0.4, -0.2) is 18.2 Å². The lowest BCUT2D eigenvalue weighted by Crippen LogP contribution is -2.86. The lowest BCUT2D eigenvalue weighted by atomic mass is 10.1. The third-order valence-electron chi connectivity index (χ3n) is 3.23. The number of nitrogens with two attached hydrogens (primary N) is 1. The van der Waals surface area contributed by atoms with Gasteiger partial charge in [-0.25, -0.2) is 0 Å². The van der Waals surface area contributed by atoms with Gasteiger partial charge in [0.25, 0.3) is 5.91 Å². The van der Waals surface area contributed by atoms with Crippen LogP contribution in [0.2, 0.25) is 0 Å². The van der Waals surface area contributed by atoms with Gasteiger partial charge in [0.1, 0.15) is 6.04 Å². The molecule has 1 atom stereocenters. The van der Waals surface area contributed by atoms with Crippen LogP contribution in [0.5, 0.6) is 0 Å². The van der Waals surface area contributed by atoms with Crippen molar-refractivity contribution in [1.82, 2.24) is 0 Å². The Labute approximate surface area is 123 Å². The van der Waals surface area contributed by atoms with E-state index in [2.05, 4.69) is 5.32 Å². The van der Waals surface area contributed by atoms with E-state index in [0.717, 1.165) is 5.76 Å². The predicted octanol–water partition coefficient (Wildman–Crippen LogP) is 1.75. The van der Waals surface area contributed by atoms with Crippen molar-refractivity contribution in [2.75, 3.05) is 11.9 Å². The van der Waals surface area contributed by atoms with Crippen LogP contribution >= 0.6 is 0 Å². The van der Waals surface area contributed by atoms with E-state index in [1.807, 2.05) is 24.4 Å². The van der Waals surface area contributed by atoms with Gasteiger partial charge in [0.15, 0.2) is 18.1 Å². The fourth-order valence-corrected chi connectivity index (χ4v) is 2.05. The Bertz CT molecular complexity index is 620. The standard InChI is InChI=1S/C16H18N2O3/c1-11(15-8-5-9-21-15)17-10-16(20)18-14-7-4-3-6-13(14)12(2)19/h3-9,11,17H,10H2,1-2H3,(H,18,20)/p+1/t11-/m0/s1.